The normalized spacial score (nSPS) is 12.2. The van der Waals surface area contributed by atoms with Crippen LogP contribution in [-0.2, 0) is 21.9 Å². The predicted molar refractivity (Wildman–Crippen MR) is 138 cm³/mol. The molecule has 0 aliphatic rings. The first-order valence-corrected chi connectivity index (χ1v) is 12.7. The first-order valence-electron chi connectivity index (χ1n) is 10.8. The first kappa shape index (κ1) is 27.4. The van der Waals surface area contributed by atoms with Gasteiger partial charge in [-0.25, -0.2) is 0 Å². The molecule has 8 heteroatoms. The van der Waals surface area contributed by atoms with Crippen LogP contribution in [0, 0.1) is 0 Å². The standard InChI is InChI=1S/C25H32Cl2N2O3S/c1-6-22(24(31)28-25(2,3)4)29(14-17-8-7-9-19(12-17)32-5)23(30)16-33-15-18-10-11-20(26)21(27)13-18/h7-13,22H,6,14-16H2,1-5H3,(H,28,31). The van der Waals surface area contributed by atoms with E-state index in [0.29, 0.717) is 34.5 Å². The molecule has 0 heterocycles. The zero-order valence-corrected chi connectivity index (χ0v) is 22.1. The van der Waals surface area contributed by atoms with E-state index in [1.807, 2.05) is 58.0 Å². The first-order chi connectivity index (χ1) is 15.5. The maximum absolute atomic E-state index is 13.3. The van der Waals surface area contributed by atoms with Crippen LogP contribution in [0.2, 0.25) is 10.0 Å². The number of hydrogen-bond acceptors (Lipinski definition) is 4. The molecule has 0 aliphatic heterocycles. The van der Waals surface area contributed by atoms with E-state index in [0.717, 1.165) is 11.1 Å². The quantitative estimate of drug-likeness (QED) is 0.428. The van der Waals surface area contributed by atoms with Gasteiger partial charge in [0.15, 0.2) is 0 Å². The van der Waals surface area contributed by atoms with E-state index in [4.69, 9.17) is 27.9 Å². The third-order valence-electron chi connectivity index (χ3n) is 4.85. The van der Waals surface area contributed by atoms with Crippen LogP contribution in [0.3, 0.4) is 0 Å². The Morgan fingerprint density at radius 3 is 2.42 bits per heavy atom. The number of methoxy groups -OCH3 is 1. The smallest absolute Gasteiger partial charge is 0.243 e. The number of halogens is 2. The molecule has 1 N–H and O–H groups in total. The van der Waals surface area contributed by atoms with E-state index in [1.54, 1.807) is 24.1 Å². The van der Waals surface area contributed by atoms with E-state index in [9.17, 15) is 9.59 Å². The van der Waals surface area contributed by atoms with Crippen LogP contribution in [0.25, 0.3) is 0 Å². The molecule has 0 aromatic heterocycles. The SMILES string of the molecule is CCC(C(=O)NC(C)(C)C)N(Cc1cccc(OC)c1)C(=O)CSCc1ccc(Cl)c(Cl)c1. The third kappa shape index (κ3) is 8.76. The summed E-state index contributed by atoms with van der Waals surface area (Å²) in [7, 11) is 1.60. The molecule has 0 aliphatic carbocycles. The summed E-state index contributed by atoms with van der Waals surface area (Å²) in [4.78, 5) is 28.0. The molecule has 2 rings (SSSR count). The monoisotopic (exact) mass is 510 g/mol. The Labute approximate surface area is 211 Å². The Balaban J connectivity index is 2.18. The summed E-state index contributed by atoms with van der Waals surface area (Å²) in [5, 5.41) is 4.01. The molecule has 33 heavy (non-hydrogen) atoms. The van der Waals surface area contributed by atoms with Crippen molar-refractivity contribution in [2.75, 3.05) is 12.9 Å². The molecule has 180 valence electrons. The van der Waals surface area contributed by atoms with Gasteiger partial charge in [0, 0.05) is 17.8 Å². The van der Waals surface area contributed by atoms with E-state index in [2.05, 4.69) is 5.32 Å². The Kier molecular flexibility index (Phi) is 10.4. The minimum absolute atomic E-state index is 0.0983. The van der Waals surface area contributed by atoms with Gasteiger partial charge in [0.2, 0.25) is 11.8 Å². The van der Waals surface area contributed by atoms with Crippen LogP contribution in [0.15, 0.2) is 42.5 Å². The molecular weight excluding hydrogens is 479 g/mol. The number of hydrogen-bond donors (Lipinski definition) is 1. The minimum atomic E-state index is -0.575. The average Bonchev–Trinajstić information content (AvgIpc) is 2.75. The molecule has 2 amide bonds. The van der Waals surface area contributed by atoms with Crippen molar-refractivity contribution < 1.29 is 14.3 Å². The number of nitrogens with zero attached hydrogens (tertiary/aromatic N) is 1. The van der Waals surface area contributed by atoms with E-state index >= 15 is 0 Å². The number of ether oxygens (including phenoxy) is 1. The van der Waals surface area contributed by atoms with Gasteiger partial charge in [0.1, 0.15) is 11.8 Å². The zero-order valence-electron chi connectivity index (χ0n) is 19.8. The van der Waals surface area contributed by atoms with Gasteiger partial charge in [-0.15, -0.1) is 11.8 Å². The topological polar surface area (TPSA) is 58.6 Å². The van der Waals surface area contributed by atoms with E-state index in [1.165, 1.54) is 11.8 Å². The van der Waals surface area contributed by atoms with Crippen LogP contribution < -0.4 is 10.1 Å². The van der Waals surface area contributed by atoms with Gasteiger partial charge in [-0.2, -0.15) is 0 Å². The number of carbonyl (C=O) groups is 2. The van der Waals surface area contributed by atoms with Crippen molar-refractivity contribution in [1.82, 2.24) is 10.2 Å². The Bertz CT molecular complexity index is 963. The van der Waals surface area contributed by atoms with E-state index < -0.39 is 11.6 Å². The lowest BCUT2D eigenvalue weighted by Crippen LogP contribution is -2.53. The van der Waals surface area contributed by atoms with Gasteiger partial charge in [-0.3, -0.25) is 9.59 Å². The van der Waals surface area contributed by atoms with Crippen LogP contribution in [0.4, 0.5) is 0 Å². The molecule has 0 spiro atoms. The molecule has 5 nitrogen and oxygen atoms in total. The number of rotatable bonds is 10. The van der Waals surface area contributed by atoms with Crippen LogP contribution in [0.5, 0.6) is 5.75 Å². The maximum Gasteiger partial charge on any atom is 0.243 e. The van der Waals surface area contributed by atoms with E-state index in [-0.39, 0.29) is 17.6 Å². The number of benzene rings is 2. The lowest BCUT2D eigenvalue weighted by atomic mass is 10.1. The molecule has 2 aromatic rings. The molecule has 0 fully saturated rings. The molecule has 0 saturated carbocycles. The molecule has 1 atom stereocenters. The fraction of sp³-hybridized carbons (Fsp3) is 0.440. The Morgan fingerprint density at radius 2 is 1.82 bits per heavy atom. The van der Waals surface area contributed by atoms with Crippen molar-refractivity contribution in [2.45, 2.75) is 58.0 Å². The highest BCUT2D eigenvalue weighted by molar-refractivity contribution is 7.99. The minimum Gasteiger partial charge on any atom is -0.497 e. The fourth-order valence-corrected chi connectivity index (χ4v) is 4.49. The third-order valence-corrected chi connectivity index (χ3v) is 6.58. The van der Waals surface area contributed by atoms with Crippen molar-refractivity contribution in [2.24, 2.45) is 0 Å². The second-order valence-corrected chi connectivity index (χ2v) is 10.6. The van der Waals surface area contributed by atoms with Crippen molar-refractivity contribution >= 4 is 46.8 Å². The van der Waals surface area contributed by atoms with Gasteiger partial charge in [0.25, 0.3) is 0 Å². The van der Waals surface area contributed by atoms with Gasteiger partial charge in [0.05, 0.1) is 22.9 Å². The van der Waals surface area contributed by atoms with Crippen LogP contribution >= 0.6 is 35.0 Å². The second kappa shape index (κ2) is 12.5. The Morgan fingerprint density at radius 1 is 1.09 bits per heavy atom. The number of thioether (sulfide) groups is 1. The van der Waals surface area contributed by atoms with Gasteiger partial charge < -0.3 is 15.0 Å². The zero-order chi connectivity index (χ0) is 24.6. The van der Waals surface area contributed by atoms with Crippen LogP contribution in [-0.4, -0.2) is 41.2 Å². The highest BCUT2D eigenvalue weighted by Gasteiger charge is 2.30. The largest absolute Gasteiger partial charge is 0.497 e. The Hall–Kier alpha value is -1.89. The average molecular weight is 512 g/mol. The summed E-state index contributed by atoms with van der Waals surface area (Å²) in [6, 6.07) is 12.4. The lowest BCUT2D eigenvalue weighted by Gasteiger charge is -2.33. The molecular formula is C25H32Cl2N2O3S. The van der Waals surface area contributed by atoms with Crippen molar-refractivity contribution in [3.63, 3.8) is 0 Å². The van der Waals surface area contributed by atoms with Crippen LogP contribution in [0.1, 0.15) is 45.2 Å². The highest BCUT2D eigenvalue weighted by Crippen LogP contribution is 2.25. The molecule has 2 aromatic carbocycles. The maximum atomic E-state index is 13.3. The van der Waals surface area contributed by atoms with Gasteiger partial charge in [-0.05, 0) is 62.6 Å². The predicted octanol–water partition coefficient (Wildman–Crippen LogP) is 5.96. The summed E-state index contributed by atoms with van der Waals surface area (Å²) >= 11 is 13.6. The number of nitrogens with one attached hydrogen (secondary N) is 1. The number of carbonyl (C=O) groups excluding carboxylic acids is 2. The van der Waals surface area contributed by atoms with Crippen molar-refractivity contribution in [3.05, 3.63) is 63.6 Å². The van der Waals surface area contributed by atoms with Crippen molar-refractivity contribution in [3.8, 4) is 5.75 Å². The van der Waals surface area contributed by atoms with Crippen molar-refractivity contribution in [1.29, 1.82) is 0 Å². The summed E-state index contributed by atoms with van der Waals surface area (Å²) in [5.74, 6) is 1.31. The lowest BCUT2D eigenvalue weighted by molar-refractivity contribution is -0.140. The second-order valence-electron chi connectivity index (χ2n) is 8.78. The summed E-state index contributed by atoms with van der Waals surface area (Å²) < 4.78 is 5.32. The summed E-state index contributed by atoms with van der Waals surface area (Å²) in [6.45, 7) is 8.03. The summed E-state index contributed by atoms with van der Waals surface area (Å²) in [5.41, 5.74) is 1.50. The fourth-order valence-electron chi connectivity index (χ4n) is 3.31. The molecule has 1 unspecified atom stereocenters. The number of amides is 2. The molecule has 0 radical (unpaired) electrons. The molecule has 0 bridgehead atoms. The van der Waals surface area contributed by atoms with Gasteiger partial charge in [-0.1, -0.05) is 48.3 Å². The van der Waals surface area contributed by atoms with Gasteiger partial charge >= 0.3 is 0 Å². The molecule has 0 saturated heterocycles. The summed E-state index contributed by atoms with van der Waals surface area (Å²) in [6.07, 6.45) is 0.509. The highest BCUT2D eigenvalue weighted by atomic mass is 35.5.